The van der Waals surface area contributed by atoms with Crippen molar-refractivity contribution in [1.29, 1.82) is 0 Å². The number of aliphatic hydroxyl groups is 1. The van der Waals surface area contributed by atoms with Crippen molar-refractivity contribution < 1.29 is 47.2 Å². The highest BCUT2D eigenvalue weighted by Gasteiger charge is 2.27. The van der Waals surface area contributed by atoms with Gasteiger partial charge in [0.15, 0.2) is 6.10 Å². The number of hydrogen-bond acceptors (Lipinski definition) is 8. The maximum Gasteiger partial charge on any atom is 0.472 e. The summed E-state index contributed by atoms with van der Waals surface area (Å²) in [6, 6.07) is 0. The van der Waals surface area contributed by atoms with Crippen LogP contribution in [0.15, 0.2) is 85.1 Å². The van der Waals surface area contributed by atoms with Crippen molar-refractivity contribution in [2.45, 2.75) is 161 Å². The van der Waals surface area contributed by atoms with Gasteiger partial charge in [-0.25, -0.2) is 4.57 Å². The lowest BCUT2D eigenvalue weighted by Gasteiger charge is -2.24. The summed E-state index contributed by atoms with van der Waals surface area (Å²) in [4.78, 5) is 35.4. The second-order valence-corrected chi connectivity index (χ2v) is 17.3. The summed E-state index contributed by atoms with van der Waals surface area (Å²) in [6.45, 7) is 4.06. The number of esters is 2. The topological polar surface area (TPSA) is 129 Å². The Kier molecular flexibility index (Phi) is 37.4. The number of quaternary nitrogens is 1. The second kappa shape index (κ2) is 39.3. The SMILES string of the molecule is CC/C=C\C/C=C\C/C=C\C/C=C\C=C/C(O)C/C=C\CCC(=O)O[C@H](COC(=O)CCCCCCCCC/C=C\CCCCCC)COP(=O)(O)OCC[N+](C)(C)C. The average Bonchev–Trinajstić information content (AvgIpc) is 3.18. The number of carbonyl (C=O) groups is 2. The zero-order valence-electron chi connectivity index (χ0n) is 37.6. The average molecular weight is 849 g/mol. The molecule has 338 valence electrons. The van der Waals surface area contributed by atoms with E-state index in [1.807, 2.05) is 39.4 Å². The van der Waals surface area contributed by atoms with Crippen LogP contribution >= 0.6 is 7.82 Å². The molecular formula is C48H83NO9P+. The Morgan fingerprint density at radius 1 is 0.627 bits per heavy atom. The number of unbranched alkanes of at least 4 members (excludes halogenated alkanes) is 11. The molecule has 0 saturated carbocycles. The monoisotopic (exact) mass is 849 g/mol. The number of hydrogen-bond donors (Lipinski definition) is 2. The van der Waals surface area contributed by atoms with Gasteiger partial charge in [0.1, 0.15) is 19.8 Å². The lowest BCUT2D eigenvalue weighted by atomic mass is 10.1. The molecule has 0 bridgehead atoms. The van der Waals surface area contributed by atoms with E-state index in [2.05, 4.69) is 62.5 Å². The molecule has 0 amide bonds. The van der Waals surface area contributed by atoms with E-state index in [1.54, 1.807) is 18.2 Å². The molecule has 0 rings (SSSR count). The van der Waals surface area contributed by atoms with Crippen molar-refractivity contribution in [3.63, 3.8) is 0 Å². The van der Waals surface area contributed by atoms with Crippen molar-refractivity contribution in [3.8, 4) is 0 Å². The van der Waals surface area contributed by atoms with Crippen LogP contribution in [0.1, 0.15) is 149 Å². The van der Waals surface area contributed by atoms with Crippen molar-refractivity contribution in [3.05, 3.63) is 85.1 Å². The molecule has 2 unspecified atom stereocenters. The van der Waals surface area contributed by atoms with Crippen LogP contribution in [0.25, 0.3) is 0 Å². The summed E-state index contributed by atoms with van der Waals surface area (Å²) in [5.41, 5.74) is 0. The first-order valence-electron chi connectivity index (χ1n) is 22.4. The molecule has 0 heterocycles. The minimum Gasteiger partial charge on any atom is -0.462 e. The lowest BCUT2D eigenvalue weighted by Crippen LogP contribution is -2.37. The molecule has 0 aromatic rings. The lowest BCUT2D eigenvalue weighted by molar-refractivity contribution is -0.870. The maximum absolute atomic E-state index is 12.7. The van der Waals surface area contributed by atoms with E-state index in [0.29, 0.717) is 30.3 Å². The molecule has 0 spiro atoms. The fourth-order valence-corrected chi connectivity index (χ4v) is 6.21. The summed E-state index contributed by atoms with van der Waals surface area (Å²) in [6.07, 6.45) is 46.6. The first kappa shape index (κ1) is 56.1. The molecule has 2 N–H and O–H groups in total. The predicted octanol–water partition coefficient (Wildman–Crippen LogP) is 11.8. The minimum atomic E-state index is -4.43. The highest BCUT2D eigenvalue weighted by Crippen LogP contribution is 2.43. The van der Waals surface area contributed by atoms with Crippen LogP contribution in [0.4, 0.5) is 0 Å². The molecule has 11 heteroatoms. The normalized spacial score (nSPS) is 14.9. The third kappa shape index (κ3) is 43.1. The molecule has 3 atom stereocenters. The summed E-state index contributed by atoms with van der Waals surface area (Å²) < 4.78 is 34.1. The quantitative estimate of drug-likeness (QED) is 0.0155. The number of allylic oxidation sites excluding steroid dienone is 12. The smallest absolute Gasteiger partial charge is 0.462 e. The van der Waals surface area contributed by atoms with Crippen LogP contribution in [-0.2, 0) is 32.7 Å². The highest BCUT2D eigenvalue weighted by atomic mass is 31.2. The van der Waals surface area contributed by atoms with E-state index in [0.717, 1.165) is 51.4 Å². The molecule has 0 saturated heterocycles. The molecule has 0 aliphatic carbocycles. The Labute approximate surface area is 359 Å². The van der Waals surface area contributed by atoms with E-state index in [-0.39, 0.29) is 26.1 Å². The number of likely N-dealkylation sites (N-methyl/N-ethyl adjacent to an activating group) is 1. The van der Waals surface area contributed by atoms with Crippen LogP contribution in [0.3, 0.4) is 0 Å². The van der Waals surface area contributed by atoms with Crippen molar-refractivity contribution in [2.24, 2.45) is 0 Å². The molecular weight excluding hydrogens is 766 g/mol. The Balaban J connectivity index is 4.60. The zero-order valence-corrected chi connectivity index (χ0v) is 38.5. The predicted molar refractivity (Wildman–Crippen MR) is 244 cm³/mol. The van der Waals surface area contributed by atoms with Gasteiger partial charge < -0.3 is 24.0 Å². The molecule has 10 nitrogen and oxygen atoms in total. The van der Waals surface area contributed by atoms with Crippen LogP contribution in [-0.4, -0.2) is 86.1 Å². The van der Waals surface area contributed by atoms with Crippen LogP contribution in [0.2, 0.25) is 0 Å². The van der Waals surface area contributed by atoms with Gasteiger partial charge in [0.05, 0.1) is 33.9 Å². The Bertz CT molecular complexity index is 1300. The van der Waals surface area contributed by atoms with Crippen LogP contribution in [0.5, 0.6) is 0 Å². The first-order chi connectivity index (χ1) is 28.4. The molecule has 0 aliphatic heterocycles. The van der Waals surface area contributed by atoms with E-state index >= 15 is 0 Å². The number of phosphoric ester groups is 1. The summed E-state index contributed by atoms with van der Waals surface area (Å²) >= 11 is 0. The maximum atomic E-state index is 12.7. The van der Waals surface area contributed by atoms with Gasteiger partial charge in [-0.2, -0.15) is 0 Å². The van der Waals surface area contributed by atoms with E-state index in [9.17, 15) is 24.2 Å². The van der Waals surface area contributed by atoms with Crippen LogP contribution < -0.4 is 0 Å². The molecule has 0 fully saturated rings. The standard InChI is InChI=1S/C48H82NO9P/c1-6-8-10-12-14-16-18-20-21-23-25-27-29-31-35-39-47(51)55-43-46(44-57-59(53,54)56-42-41-49(3,4)5)58-48(52)40-36-32-34-38-45(50)37-33-30-28-26-24-22-19-17-15-13-11-9-7-2/h9,11,15-18,22,24,28,30,32-34,37,45-46,50H,6-8,10,12-14,19-21,23,25-27,29,31,35-36,38-44H2,1-5H3/p+1/b11-9-,17-15-,18-16-,24-22-,30-28-,34-32-,37-33-/t45?,46-/m1/s1. The number of phosphoric acid groups is 1. The number of nitrogens with zero attached hydrogens (tertiary/aromatic N) is 1. The highest BCUT2D eigenvalue weighted by molar-refractivity contribution is 7.47. The molecule has 59 heavy (non-hydrogen) atoms. The summed E-state index contributed by atoms with van der Waals surface area (Å²) in [7, 11) is 1.35. The fraction of sp³-hybridized carbons (Fsp3) is 0.667. The van der Waals surface area contributed by atoms with E-state index in [4.69, 9.17) is 18.5 Å². The molecule has 0 radical (unpaired) electrons. The second-order valence-electron chi connectivity index (χ2n) is 15.9. The van der Waals surface area contributed by atoms with Gasteiger partial charge in [0.25, 0.3) is 0 Å². The van der Waals surface area contributed by atoms with Gasteiger partial charge in [-0.15, -0.1) is 0 Å². The van der Waals surface area contributed by atoms with Gasteiger partial charge in [0.2, 0.25) is 0 Å². The third-order valence-corrected chi connectivity index (χ3v) is 9.99. The van der Waals surface area contributed by atoms with Crippen molar-refractivity contribution in [2.75, 3.05) is 47.5 Å². The van der Waals surface area contributed by atoms with Gasteiger partial charge in [0, 0.05) is 12.8 Å². The van der Waals surface area contributed by atoms with E-state index in [1.165, 1.54) is 51.4 Å². The number of rotatable bonds is 39. The van der Waals surface area contributed by atoms with Crippen molar-refractivity contribution in [1.82, 2.24) is 0 Å². The minimum absolute atomic E-state index is 0.00538. The molecule has 0 aliphatic rings. The summed E-state index contributed by atoms with van der Waals surface area (Å²) in [5.74, 6) is -0.993. The van der Waals surface area contributed by atoms with Gasteiger partial charge in [-0.1, -0.05) is 150 Å². The molecule has 0 aromatic carbocycles. The number of ether oxygens (including phenoxy) is 2. The summed E-state index contributed by atoms with van der Waals surface area (Å²) in [5, 5.41) is 10.2. The van der Waals surface area contributed by atoms with Gasteiger partial charge >= 0.3 is 19.8 Å². The van der Waals surface area contributed by atoms with Crippen molar-refractivity contribution >= 4 is 19.8 Å². The van der Waals surface area contributed by atoms with Crippen LogP contribution in [0, 0.1) is 0 Å². The number of aliphatic hydroxyl groups excluding tert-OH is 1. The van der Waals surface area contributed by atoms with Gasteiger partial charge in [-0.3, -0.25) is 18.6 Å². The number of carbonyl (C=O) groups excluding carboxylic acids is 2. The largest absolute Gasteiger partial charge is 0.472 e. The first-order valence-corrected chi connectivity index (χ1v) is 23.9. The van der Waals surface area contributed by atoms with Gasteiger partial charge in [-0.05, 0) is 70.6 Å². The zero-order chi connectivity index (χ0) is 43.7. The van der Waals surface area contributed by atoms with E-state index < -0.39 is 38.6 Å². The third-order valence-electron chi connectivity index (χ3n) is 9.00. The Morgan fingerprint density at radius 2 is 1.20 bits per heavy atom. The Hall–Kier alpha value is -2.85. The Morgan fingerprint density at radius 3 is 1.83 bits per heavy atom. The fourth-order valence-electron chi connectivity index (χ4n) is 5.47. The molecule has 0 aromatic heterocycles.